The highest BCUT2D eigenvalue weighted by atomic mass is 16.1. The van der Waals surface area contributed by atoms with Crippen LogP contribution in [0.25, 0.3) is 0 Å². The molecule has 1 aromatic rings. The molecular weight excluding hydrogens is 120 g/mol. The number of carbonyl (C=O) groups is 1. The Hall–Kier alpha value is -1.52. The number of rotatable bonds is 1. The van der Waals surface area contributed by atoms with E-state index in [1.54, 1.807) is 0 Å². The fourth-order valence-electron chi connectivity index (χ4n) is 0.417. The van der Waals surface area contributed by atoms with Crippen molar-refractivity contribution in [3.05, 3.63) is 11.9 Å². The summed E-state index contributed by atoms with van der Waals surface area (Å²) in [6.45, 7) is 0. The van der Waals surface area contributed by atoms with Gasteiger partial charge in [0.05, 0.1) is 7.54 Å². The van der Waals surface area contributed by atoms with Crippen LogP contribution in [0.3, 0.4) is 0 Å². The third-order valence-corrected chi connectivity index (χ3v) is 0.788. The molecule has 1 amide bonds. The van der Waals surface area contributed by atoms with E-state index in [-0.39, 0.29) is 17.8 Å². The Bertz CT molecular complexity index is 268. The van der Waals surface area contributed by atoms with Crippen LogP contribution in [-0.2, 0) is 0 Å². The summed E-state index contributed by atoms with van der Waals surface area (Å²) < 4.78 is 7.00. The van der Waals surface area contributed by atoms with Crippen LogP contribution < -0.4 is 11.5 Å². The average Bonchev–Trinajstić information content (AvgIpc) is 2.10. The summed E-state index contributed by atoms with van der Waals surface area (Å²) in [5.41, 5.74) is 9.91. The monoisotopic (exact) mass is 127 g/mol. The highest BCUT2D eigenvalue weighted by molar-refractivity contribution is 5.90. The highest BCUT2D eigenvalue weighted by Gasteiger charge is 2.00. The molecule has 0 bridgehead atoms. The maximum Gasteiger partial charge on any atom is 0.266 e. The summed E-state index contributed by atoms with van der Waals surface area (Å²) in [4.78, 5) is 16.2. The second-order valence-electron chi connectivity index (χ2n) is 1.47. The van der Waals surface area contributed by atoms with Gasteiger partial charge in [0.1, 0.15) is 5.69 Å². The molecular formula is C4H6N4O. The molecule has 5 nitrogen and oxygen atoms in total. The van der Waals surface area contributed by atoms with Gasteiger partial charge < -0.3 is 16.5 Å². The Balaban J connectivity index is 3.15. The lowest BCUT2D eigenvalue weighted by molar-refractivity contribution is 0.0996. The van der Waals surface area contributed by atoms with Crippen LogP contribution in [0.15, 0.2) is 6.17 Å². The van der Waals surface area contributed by atoms with Crippen molar-refractivity contribution in [2.75, 3.05) is 5.73 Å². The zero-order chi connectivity index (χ0) is 7.72. The van der Waals surface area contributed by atoms with Crippen LogP contribution in [0.2, 0.25) is 0 Å². The van der Waals surface area contributed by atoms with Gasteiger partial charge in [-0.05, 0) is 0 Å². The number of nitrogens with one attached hydrogen (secondary N) is 1. The lowest BCUT2D eigenvalue weighted by atomic mass is 10.5. The molecule has 0 aromatic carbocycles. The molecule has 5 N–H and O–H groups in total. The highest BCUT2D eigenvalue weighted by Crippen LogP contribution is 1.94. The lowest BCUT2D eigenvalue weighted by Crippen LogP contribution is -2.11. The first-order valence-electron chi connectivity index (χ1n) is 2.73. The molecule has 0 spiro atoms. The van der Waals surface area contributed by atoms with Crippen LogP contribution in [-0.4, -0.2) is 15.9 Å². The van der Waals surface area contributed by atoms with Gasteiger partial charge in [-0.25, -0.2) is 4.98 Å². The molecule has 48 valence electrons. The maximum absolute atomic E-state index is 10.4. The van der Waals surface area contributed by atoms with E-state index in [1.807, 2.05) is 0 Å². The molecule has 0 unspecified atom stereocenters. The van der Waals surface area contributed by atoms with Gasteiger partial charge in [-0.1, -0.05) is 0 Å². The third-order valence-electron chi connectivity index (χ3n) is 0.788. The molecule has 5 heteroatoms. The Labute approximate surface area is 52.5 Å². The smallest absolute Gasteiger partial charge is 0.266 e. The van der Waals surface area contributed by atoms with E-state index in [1.165, 1.54) is 0 Å². The van der Waals surface area contributed by atoms with Crippen molar-refractivity contribution in [3.63, 3.8) is 0 Å². The molecule has 0 atom stereocenters. The summed E-state index contributed by atoms with van der Waals surface area (Å²) in [6, 6.07) is 0. The van der Waals surface area contributed by atoms with Gasteiger partial charge in [0, 0.05) is 0 Å². The number of nitrogen functional groups attached to an aromatic ring is 1. The van der Waals surface area contributed by atoms with Crippen molar-refractivity contribution in [1.82, 2.24) is 9.97 Å². The van der Waals surface area contributed by atoms with Crippen LogP contribution in [0.1, 0.15) is 11.9 Å². The van der Waals surface area contributed by atoms with E-state index in [9.17, 15) is 4.79 Å². The molecule has 0 radical (unpaired) electrons. The fourth-order valence-corrected chi connectivity index (χ4v) is 0.417. The van der Waals surface area contributed by atoms with Crippen molar-refractivity contribution in [1.29, 1.82) is 0 Å². The van der Waals surface area contributed by atoms with Gasteiger partial charge >= 0.3 is 0 Å². The Morgan fingerprint density at radius 2 is 2.67 bits per heavy atom. The first-order chi connectivity index (χ1) is 4.61. The quantitative estimate of drug-likeness (QED) is 0.455. The van der Waals surface area contributed by atoms with Crippen molar-refractivity contribution >= 4 is 11.9 Å². The number of imidazole rings is 1. The number of carbonyl (C=O) groups excluding carboxylic acids is 1. The summed E-state index contributed by atoms with van der Waals surface area (Å²) >= 11 is 0. The van der Waals surface area contributed by atoms with Gasteiger partial charge in [-0.15, -0.1) is 0 Å². The number of nitrogens with zero attached hydrogens (tertiary/aromatic N) is 1. The second kappa shape index (κ2) is 1.77. The SMILES string of the molecule is [2H]c1nc(N)[nH]c1C(N)=O. The molecule has 1 aromatic heterocycles. The normalized spacial score (nSPS) is 10.9. The maximum atomic E-state index is 10.4. The predicted octanol–water partition coefficient (Wildman–Crippen LogP) is -0.909. The zero-order valence-corrected chi connectivity index (χ0v) is 4.51. The fraction of sp³-hybridized carbons (Fsp3) is 0. The van der Waals surface area contributed by atoms with Crippen molar-refractivity contribution < 1.29 is 6.17 Å². The molecule has 0 aliphatic carbocycles. The topological polar surface area (TPSA) is 97.8 Å². The van der Waals surface area contributed by atoms with E-state index in [0.29, 0.717) is 0 Å². The Kier molecular flexibility index (Phi) is 0.860. The summed E-state index contributed by atoms with van der Waals surface area (Å²) in [6.07, 6.45) is -0.218. The molecule has 0 fully saturated rings. The predicted molar refractivity (Wildman–Crippen MR) is 31.5 cm³/mol. The Morgan fingerprint density at radius 1 is 2.00 bits per heavy atom. The number of hydrogen-bond donors (Lipinski definition) is 3. The minimum Gasteiger partial charge on any atom is -0.369 e. The van der Waals surface area contributed by atoms with Crippen LogP contribution in [0.4, 0.5) is 5.95 Å². The summed E-state index contributed by atoms with van der Waals surface area (Å²) in [5, 5.41) is 0. The number of amides is 1. The number of hydrogen-bond acceptors (Lipinski definition) is 3. The summed E-state index contributed by atoms with van der Waals surface area (Å²) in [5.74, 6) is -0.701. The van der Waals surface area contributed by atoms with Gasteiger partial charge in [0.25, 0.3) is 5.91 Å². The molecule has 1 heterocycles. The molecule has 0 saturated heterocycles. The van der Waals surface area contributed by atoms with Crippen LogP contribution in [0.5, 0.6) is 0 Å². The number of nitrogens with two attached hydrogens (primary N) is 2. The standard InChI is InChI=1S/C4H6N4O/c5-3(9)2-1-7-4(6)8-2/h1H,(H2,5,9)(H3,6,7,8)/i1D. The number of primary amides is 1. The first kappa shape index (κ1) is 4.37. The van der Waals surface area contributed by atoms with Crippen molar-refractivity contribution in [2.45, 2.75) is 0 Å². The molecule has 1 rings (SSSR count). The van der Waals surface area contributed by atoms with Gasteiger partial charge in [0.15, 0.2) is 5.95 Å². The molecule has 0 aliphatic rings. The molecule has 0 aliphatic heterocycles. The van der Waals surface area contributed by atoms with Gasteiger partial charge in [-0.2, -0.15) is 0 Å². The number of aromatic nitrogens is 2. The van der Waals surface area contributed by atoms with Gasteiger partial charge in [-0.3, -0.25) is 4.79 Å². The van der Waals surface area contributed by atoms with Crippen molar-refractivity contribution in [3.8, 4) is 0 Å². The molecule has 9 heavy (non-hydrogen) atoms. The average molecular weight is 127 g/mol. The van der Waals surface area contributed by atoms with E-state index in [2.05, 4.69) is 9.97 Å². The zero-order valence-electron chi connectivity index (χ0n) is 5.51. The Morgan fingerprint density at radius 3 is 2.89 bits per heavy atom. The minimum absolute atomic E-state index is 0.0267. The van der Waals surface area contributed by atoms with Crippen molar-refractivity contribution in [2.24, 2.45) is 5.73 Å². The lowest BCUT2D eigenvalue weighted by Gasteiger charge is -1.82. The van der Waals surface area contributed by atoms with Gasteiger partial charge in [0.2, 0.25) is 0 Å². The largest absolute Gasteiger partial charge is 0.369 e. The first-order valence-corrected chi connectivity index (χ1v) is 2.23. The third kappa shape index (κ3) is 0.987. The number of anilines is 1. The van der Waals surface area contributed by atoms with E-state index in [4.69, 9.17) is 12.8 Å². The van der Waals surface area contributed by atoms with Crippen LogP contribution >= 0.6 is 0 Å². The second-order valence-corrected chi connectivity index (χ2v) is 1.47. The molecule has 0 saturated carbocycles. The number of H-pyrrole nitrogens is 1. The number of aromatic amines is 1. The van der Waals surface area contributed by atoms with E-state index in [0.717, 1.165) is 0 Å². The van der Waals surface area contributed by atoms with E-state index >= 15 is 0 Å². The minimum atomic E-state index is -0.728. The van der Waals surface area contributed by atoms with Crippen LogP contribution in [0, 0.1) is 0 Å². The summed E-state index contributed by atoms with van der Waals surface area (Å²) in [7, 11) is 0. The van der Waals surface area contributed by atoms with E-state index < -0.39 is 5.91 Å².